The summed E-state index contributed by atoms with van der Waals surface area (Å²) in [6.07, 6.45) is 3.87. The summed E-state index contributed by atoms with van der Waals surface area (Å²) < 4.78 is 22.8. The van der Waals surface area contributed by atoms with E-state index in [0.29, 0.717) is 61.1 Å². The number of piperidine rings is 1. The van der Waals surface area contributed by atoms with Crippen LogP contribution in [0.2, 0.25) is 0 Å². The fourth-order valence-electron chi connectivity index (χ4n) is 3.91. The first-order valence-electron chi connectivity index (χ1n) is 12.5. The molecule has 0 spiro atoms. The minimum atomic E-state index is 0.0475. The first-order chi connectivity index (χ1) is 17.2. The fraction of sp³-hybridized carbons (Fsp3) is 0.433. The summed E-state index contributed by atoms with van der Waals surface area (Å²) in [4.78, 5) is 15.5. The Morgan fingerprint density at radius 3 is 1.53 bits per heavy atom. The van der Waals surface area contributed by atoms with Crippen molar-refractivity contribution >= 4 is 17.9 Å². The number of benzene rings is 2. The number of likely N-dealkylation sites (tertiary alicyclic amines) is 1. The molecule has 6 heteroatoms. The molecule has 6 nitrogen and oxygen atoms in total. The highest BCUT2D eigenvalue weighted by molar-refractivity contribution is 6.14. The van der Waals surface area contributed by atoms with Crippen molar-refractivity contribution in [2.24, 2.45) is 11.8 Å². The zero-order valence-corrected chi connectivity index (χ0v) is 22.6. The molecule has 0 atom stereocenters. The Morgan fingerprint density at radius 1 is 0.750 bits per heavy atom. The van der Waals surface area contributed by atoms with Crippen LogP contribution in [-0.2, 0) is 4.79 Å². The summed E-state index contributed by atoms with van der Waals surface area (Å²) in [6, 6.07) is 11.5. The van der Waals surface area contributed by atoms with Gasteiger partial charge in [0.05, 0.1) is 27.4 Å². The molecule has 3 rings (SSSR count). The Balaban J connectivity index is 1.85. The maximum Gasteiger partial charge on any atom is 0.187 e. The highest BCUT2D eigenvalue weighted by atomic mass is 16.5. The lowest BCUT2D eigenvalue weighted by molar-refractivity contribution is -0.113. The number of rotatable bonds is 10. The zero-order valence-electron chi connectivity index (χ0n) is 22.6. The van der Waals surface area contributed by atoms with Crippen LogP contribution >= 0.6 is 0 Å². The van der Waals surface area contributed by atoms with Crippen LogP contribution in [-0.4, -0.2) is 58.3 Å². The molecule has 0 bridgehead atoms. The van der Waals surface area contributed by atoms with E-state index < -0.39 is 0 Å². The minimum absolute atomic E-state index is 0.0475. The van der Waals surface area contributed by atoms with Gasteiger partial charge >= 0.3 is 0 Å². The molecule has 0 amide bonds. The van der Waals surface area contributed by atoms with Crippen molar-refractivity contribution < 1.29 is 23.7 Å². The van der Waals surface area contributed by atoms with Crippen LogP contribution < -0.4 is 18.9 Å². The third-order valence-electron chi connectivity index (χ3n) is 5.67. The molecule has 194 valence electrons. The van der Waals surface area contributed by atoms with Gasteiger partial charge in [0.1, 0.15) is 0 Å². The molecule has 1 heterocycles. The Hall–Kier alpha value is -3.25. The zero-order chi connectivity index (χ0) is 26.2. The number of carbonyl (C=O) groups is 1. The van der Waals surface area contributed by atoms with Crippen LogP contribution in [0.4, 0.5) is 0 Å². The number of hydrogen-bond acceptors (Lipinski definition) is 6. The van der Waals surface area contributed by atoms with Crippen molar-refractivity contribution in [1.82, 2.24) is 4.90 Å². The van der Waals surface area contributed by atoms with Gasteiger partial charge in [-0.15, -0.1) is 0 Å². The van der Waals surface area contributed by atoms with Gasteiger partial charge in [-0.05, 0) is 66.4 Å². The molecule has 2 aromatic carbocycles. The summed E-state index contributed by atoms with van der Waals surface area (Å²) in [7, 11) is 5.27. The molecule has 36 heavy (non-hydrogen) atoms. The van der Waals surface area contributed by atoms with E-state index in [1.807, 2.05) is 55.6 Å². The molecule has 1 aliphatic heterocycles. The van der Waals surface area contributed by atoms with Crippen LogP contribution in [0.5, 0.6) is 23.0 Å². The molecule has 0 saturated carbocycles. The smallest absolute Gasteiger partial charge is 0.187 e. The van der Waals surface area contributed by atoms with Gasteiger partial charge in [-0.1, -0.05) is 39.8 Å². The maximum atomic E-state index is 13.4. The van der Waals surface area contributed by atoms with Crippen LogP contribution in [0.3, 0.4) is 0 Å². The minimum Gasteiger partial charge on any atom is -0.493 e. The Morgan fingerprint density at radius 2 is 1.17 bits per heavy atom. The summed E-state index contributed by atoms with van der Waals surface area (Å²) in [5.41, 5.74) is 3.26. The number of nitrogens with zero attached hydrogens (tertiary/aromatic N) is 1. The van der Waals surface area contributed by atoms with Crippen LogP contribution in [0.1, 0.15) is 38.8 Å². The van der Waals surface area contributed by atoms with Gasteiger partial charge in [-0.3, -0.25) is 9.69 Å². The third-order valence-corrected chi connectivity index (χ3v) is 5.67. The van der Waals surface area contributed by atoms with Crippen molar-refractivity contribution in [3.05, 3.63) is 58.7 Å². The van der Waals surface area contributed by atoms with E-state index in [4.69, 9.17) is 18.9 Å². The lowest BCUT2D eigenvalue weighted by atomic mass is 9.94. The molecule has 0 unspecified atom stereocenters. The molecule has 0 aliphatic carbocycles. The number of likely N-dealkylation sites (N-methyl/N-ethyl adjacent to an activating group) is 1. The third kappa shape index (κ3) is 7.37. The second-order valence-corrected chi connectivity index (χ2v) is 10.1. The lowest BCUT2D eigenvalue weighted by Crippen LogP contribution is -2.34. The van der Waals surface area contributed by atoms with Crippen LogP contribution in [0.25, 0.3) is 12.2 Å². The lowest BCUT2D eigenvalue weighted by Gasteiger charge is -2.26. The van der Waals surface area contributed by atoms with Gasteiger partial charge in [0.2, 0.25) is 0 Å². The Labute approximate surface area is 215 Å². The standard InChI is InChI=1S/C30H39NO5/c1-20(2)18-35-26-10-8-22(14-28(26)33-6)12-24-16-31(5)17-25(30(24)32)13-23-9-11-27(29(15-23)34-7)36-19-21(3)4/h8-15,20-21H,16-19H2,1-7H3/b24-12-,25-13+. The van der Waals surface area contributed by atoms with Crippen LogP contribution in [0.15, 0.2) is 47.5 Å². The number of hydrogen-bond donors (Lipinski definition) is 0. The monoisotopic (exact) mass is 493 g/mol. The largest absolute Gasteiger partial charge is 0.493 e. The number of carbonyl (C=O) groups excluding carboxylic acids is 1. The van der Waals surface area contributed by atoms with E-state index in [2.05, 4.69) is 32.6 Å². The second-order valence-electron chi connectivity index (χ2n) is 10.1. The van der Waals surface area contributed by atoms with Crippen molar-refractivity contribution in [2.75, 3.05) is 47.6 Å². The number of ketones is 1. The molecular weight excluding hydrogens is 454 g/mol. The van der Waals surface area contributed by atoms with Crippen molar-refractivity contribution in [1.29, 1.82) is 0 Å². The first-order valence-corrected chi connectivity index (χ1v) is 12.5. The van der Waals surface area contributed by atoms with E-state index in [0.717, 1.165) is 22.3 Å². The van der Waals surface area contributed by atoms with Crippen LogP contribution in [0, 0.1) is 11.8 Å². The average Bonchev–Trinajstić information content (AvgIpc) is 2.84. The number of methoxy groups -OCH3 is 2. The van der Waals surface area contributed by atoms with Gasteiger partial charge in [-0.25, -0.2) is 0 Å². The molecule has 2 aromatic rings. The molecule has 0 N–H and O–H groups in total. The quantitative estimate of drug-likeness (QED) is 0.393. The fourth-order valence-corrected chi connectivity index (χ4v) is 3.91. The highest BCUT2D eigenvalue weighted by Gasteiger charge is 2.24. The molecular formula is C30H39NO5. The molecule has 1 fully saturated rings. The van der Waals surface area contributed by atoms with E-state index in [-0.39, 0.29) is 5.78 Å². The Kier molecular flexibility index (Phi) is 9.59. The van der Waals surface area contributed by atoms with Gasteiger partial charge in [-0.2, -0.15) is 0 Å². The van der Waals surface area contributed by atoms with E-state index >= 15 is 0 Å². The molecule has 1 aliphatic rings. The summed E-state index contributed by atoms with van der Waals surface area (Å²) in [5, 5.41) is 0. The van der Waals surface area contributed by atoms with Gasteiger partial charge in [0.25, 0.3) is 0 Å². The Bertz CT molecular complexity index is 1030. The van der Waals surface area contributed by atoms with Crippen molar-refractivity contribution in [2.45, 2.75) is 27.7 Å². The highest BCUT2D eigenvalue weighted by Crippen LogP contribution is 2.32. The number of Topliss-reactive ketones (excluding diaryl/α,β-unsaturated/α-hetero) is 1. The van der Waals surface area contributed by atoms with E-state index in [9.17, 15) is 4.79 Å². The topological polar surface area (TPSA) is 57.2 Å². The van der Waals surface area contributed by atoms with Crippen molar-refractivity contribution in [3.63, 3.8) is 0 Å². The van der Waals surface area contributed by atoms with E-state index in [1.54, 1.807) is 14.2 Å². The molecule has 0 radical (unpaired) electrons. The summed E-state index contributed by atoms with van der Waals surface area (Å²) >= 11 is 0. The molecule has 1 saturated heterocycles. The van der Waals surface area contributed by atoms with Crippen molar-refractivity contribution in [3.8, 4) is 23.0 Å². The van der Waals surface area contributed by atoms with Gasteiger partial charge in [0, 0.05) is 24.2 Å². The SMILES string of the molecule is COc1cc(/C=C2/CN(C)C/C(=C\c3ccc(OCC(C)C)c(OC)c3)C2=O)ccc1OCC(C)C. The van der Waals surface area contributed by atoms with E-state index in [1.165, 1.54) is 0 Å². The number of ether oxygens (including phenoxy) is 4. The summed E-state index contributed by atoms with van der Waals surface area (Å²) in [6.45, 7) is 10.8. The predicted molar refractivity (Wildman–Crippen MR) is 145 cm³/mol. The van der Waals surface area contributed by atoms with Gasteiger partial charge in [0.15, 0.2) is 28.8 Å². The molecule has 0 aromatic heterocycles. The normalized spacial score (nSPS) is 16.8. The summed E-state index contributed by atoms with van der Waals surface area (Å²) in [5.74, 6) is 3.60. The maximum absolute atomic E-state index is 13.4. The van der Waals surface area contributed by atoms with Gasteiger partial charge < -0.3 is 18.9 Å². The first kappa shape index (κ1) is 27.3. The second kappa shape index (κ2) is 12.6. The predicted octanol–water partition coefficient (Wildman–Crippen LogP) is 5.75. The average molecular weight is 494 g/mol.